The number of aryl methyl sites for hydroxylation is 2. The van der Waals surface area contributed by atoms with E-state index in [-0.39, 0.29) is 5.56 Å². The topological polar surface area (TPSA) is 71.5 Å². The minimum absolute atomic E-state index is 0.232. The summed E-state index contributed by atoms with van der Waals surface area (Å²) in [4.78, 5) is 26.6. The highest BCUT2D eigenvalue weighted by Gasteiger charge is 2.08. The van der Waals surface area contributed by atoms with E-state index in [0.29, 0.717) is 11.2 Å². The van der Waals surface area contributed by atoms with E-state index < -0.39 is 0 Å². The van der Waals surface area contributed by atoms with Crippen LogP contribution in [0.1, 0.15) is 25.2 Å². The molecule has 0 saturated carbocycles. The number of hydrogen-bond donors (Lipinski definition) is 1. The van der Waals surface area contributed by atoms with E-state index in [0.717, 1.165) is 24.2 Å². The largest absolute Gasteiger partial charge is 0.311 e. The molecule has 2 aromatic rings. The molecule has 0 aromatic carbocycles. The van der Waals surface area contributed by atoms with Gasteiger partial charge in [0, 0.05) is 0 Å². The zero-order valence-corrected chi connectivity index (χ0v) is 8.74. The fraction of sp³-hybridized carbons (Fsp3) is 0.400. The highest BCUT2D eigenvalue weighted by atomic mass is 16.1. The number of aromatic amines is 1. The Morgan fingerprint density at radius 3 is 2.53 bits per heavy atom. The molecule has 0 unspecified atom stereocenters. The van der Waals surface area contributed by atoms with Gasteiger partial charge in [-0.15, -0.1) is 0 Å². The molecule has 5 nitrogen and oxygen atoms in total. The van der Waals surface area contributed by atoms with Crippen molar-refractivity contribution < 1.29 is 0 Å². The average Bonchev–Trinajstić information content (AvgIpc) is 2.28. The maximum Gasteiger partial charge on any atom is 0.278 e. The molecule has 0 saturated heterocycles. The van der Waals surface area contributed by atoms with Gasteiger partial charge in [-0.25, -0.2) is 15.0 Å². The molecule has 0 amide bonds. The van der Waals surface area contributed by atoms with Crippen molar-refractivity contribution in [1.82, 2.24) is 19.9 Å². The second-order valence-electron chi connectivity index (χ2n) is 3.23. The summed E-state index contributed by atoms with van der Waals surface area (Å²) in [5, 5.41) is 0. The predicted octanol–water partition coefficient (Wildman–Crippen LogP) is 0.838. The van der Waals surface area contributed by atoms with Crippen molar-refractivity contribution in [2.45, 2.75) is 26.7 Å². The number of aromatic nitrogens is 4. The predicted molar refractivity (Wildman–Crippen MR) is 56.7 cm³/mol. The minimum atomic E-state index is -0.232. The van der Waals surface area contributed by atoms with E-state index in [9.17, 15) is 4.79 Å². The van der Waals surface area contributed by atoms with E-state index in [2.05, 4.69) is 19.9 Å². The zero-order valence-electron chi connectivity index (χ0n) is 8.74. The summed E-state index contributed by atoms with van der Waals surface area (Å²) in [5.74, 6) is 0. The molecular formula is C10H12N4O. The first kappa shape index (κ1) is 9.76. The monoisotopic (exact) mass is 204 g/mol. The van der Waals surface area contributed by atoms with Crippen LogP contribution in [-0.2, 0) is 12.8 Å². The van der Waals surface area contributed by atoms with Crippen LogP contribution in [-0.4, -0.2) is 19.9 Å². The van der Waals surface area contributed by atoms with E-state index in [4.69, 9.17) is 0 Å². The Hall–Kier alpha value is -1.78. The van der Waals surface area contributed by atoms with E-state index in [1.54, 1.807) is 0 Å². The number of nitrogens with zero attached hydrogens (tertiary/aromatic N) is 3. The van der Waals surface area contributed by atoms with Crippen LogP contribution in [0.4, 0.5) is 0 Å². The SMILES string of the molecule is CCc1nc2nc[nH]c(=O)c2nc1CC. The molecule has 0 bridgehead atoms. The van der Waals surface area contributed by atoms with Crippen LogP contribution in [0.15, 0.2) is 11.1 Å². The van der Waals surface area contributed by atoms with Crippen molar-refractivity contribution in [3.05, 3.63) is 28.1 Å². The van der Waals surface area contributed by atoms with Gasteiger partial charge in [-0.05, 0) is 12.8 Å². The van der Waals surface area contributed by atoms with Crippen molar-refractivity contribution in [3.63, 3.8) is 0 Å². The minimum Gasteiger partial charge on any atom is -0.311 e. The van der Waals surface area contributed by atoms with E-state index >= 15 is 0 Å². The first-order chi connectivity index (χ1) is 7.26. The molecule has 0 radical (unpaired) electrons. The lowest BCUT2D eigenvalue weighted by molar-refractivity contribution is 0.916. The normalized spacial score (nSPS) is 10.8. The third-order valence-electron chi connectivity index (χ3n) is 2.30. The number of nitrogens with one attached hydrogen (secondary N) is 1. The Morgan fingerprint density at radius 1 is 1.20 bits per heavy atom. The number of hydrogen-bond acceptors (Lipinski definition) is 4. The second kappa shape index (κ2) is 3.76. The van der Waals surface area contributed by atoms with Gasteiger partial charge < -0.3 is 4.98 Å². The summed E-state index contributed by atoms with van der Waals surface area (Å²) >= 11 is 0. The van der Waals surface area contributed by atoms with Crippen molar-refractivity contribution in [1.29, 1.82) is 0 Å². The van der Waals surface area contributed by atoms with Crippen LogP contribution in [0.3, 0.4) is 0 Å². The summed E-state index contributed by atoms with van der Waals surface area (Å²) in [7, 11) is 0. The molecule has 0 aliphatic carbocycles. The molecule has 0 aliphatic heterocycles. The van der Waals surface area contributed by atoms with Gasteiger partial charge in [0.2, 0.25) is 0 Å². The fourth-order valence-electron chi connectivity index (χ4n) is 1.52. The first-order valence-corrected chi connectivity index (χ1v) is 4.99. The van der Waals surface area contributed by atoms with Gasteiger partial charge in [0.15, 0.2) is 11.2 Å². The van der Waals surface area contributed by atoms with Gasteiger partial charge in [0.25, 0.3) is 5.56 Å². The lowest BCUT2D eigenvalue weighted by Crippen LogP contribution is -2.12. The van der Waals surface area contributed by atoms with Crippen molar-refractivity contribution in [3.8, 4) is 0 Å². The number of rotatable bonds is 2. The van der Waals surface area contributed by atoms with Crippen LogP contribution >= 0.6 is 0 Å². The zero-order chi connectivity index (χ0) is 10.8. The maximum atomic E-state index is 11.4. The molecule has 0 aliphatic rings. The molecule has 0 spiro atoms. The lowest BCUT2D eigenvalue weighted by Gasteiger charge is -2.04. The van der Waals surface area contributed by atoms with E-state index in [1.165, 1.54) is 6.33 Å². The smallest absolute Gasteiger partial charge is 0.278 e. The lowest BCUT2D eigenvalue weighted by atomic mass is 10.2. The summed E-state index contributed by atoms with van der Waals surface area (Å²) < 4.78 is 0. The summed E-state index contributed by atoms with van der Waals surface area (Å²) in [6.45, 7) is 4.02. The van der Waals surface area contributed by atoms with Gasteiger partial charge >= 0.3 is 0 Å². The maximum absolute atomic E-state index is 11.4. The number of fused-ring (bicyclic) bond motifs is 1. The average molecular weight is 204 g/mol. The summed E-state index contributed by atoms with van der Waals surface area (Å²) in [6, 6.07) is 0. The summed E-state index contributed by atoms with van der Waals surface area (Å²) in [6.07, 6.45) is 2.94. The number of H-pyrrole nitrogens is 1. The van der Waals surface area contributed by atoms with Crippen LogP contribution in [0, 0.1) is 0 Å². The van der Waals surface area contributed by atoms with E-state index in [1.807, 2.05) is 13.8 Å². The van der Waals surface area contributed by atoms with Crippen LogP contribution in [0.25, 0.3) is 11.2 Å². The van der Waals surface area contributed by atoms with Gasteiger partial charge in [-0.1, -0.05) is 13.8 Å². The summed E-state index contributed by atoms with van der Waals surface area (Å²) in [5.41, 5.74) is 2.32. The molecule has 78 valence electrons. The van der Waals surface area contributed by atoms with Crippen LogP contribution in [0.2, 0.25) is 0 Å². The Kier molecular flexibility index (Phi) is 2.45. The van der Waals surface area contributed by atoms with Crippen molar-refractivity contribution in [2.24, 2.45) is 0 Å². The van der Waals surface area contributed by atoms with Crippen LogP contribution < -0.4 is 5.56 Å². The standard InChI is InChI=1S/C10H12N4O/c1-3-6-7(4-2)14-9-8(13-6)10(15)12-5-11-9/h5H,3-4H2,1-2H3,(H,11,12,14,15). The Morgan fingerprint density at radius 2 is 1.87 bits per heavy atom. The second-order valence-corrected chi connectivity index (χ2v) is 3.23. The molecule has 1 N–H and O–H groups in total. The molecular weight excluding hydrogens is 192 g/mol. The van der Waals surface area contributed by atoms with Gasteiger partial charge in [-0.3, -0.25) is 4.79 Å². The molecule has 0 fully saturated rings. The highest BCUT2D eigenvalue weighted by molar-refractivity contribution is 5.68. The molecule has 0 atom stereocenters. The molecule has 2 heterocycles. The highest BCUT2D eigenvalue weighted by Crippen LogP contribution is 2.08. The third-order valence-corrected chi connectivity index (χ3v) is 2.30. The molecule has 2 rings (SSSR count). The third kappa shape index (κ3) is 1.60. The fourth-order valence-corrected chi connectivity index (χ4v) is 1.52. The van der Waals surface area contributed by atoms with Gasteiger partial charge in [-0.2, -0.15) is 0 Å². The Balaban J connectivity index is 2.81. The van der Waals surface area contributed by atoms with Gasteiger partial charge in [0.1, 0.15) is 0 Å². The first-order valence-electron chi connectivity index (χ1n) is 4.99. The molecule has 15 heavy (non-hydrogen) atoms. The molecule has 2 aromatic heterocycles. The quantitative estimate of drug-likeness (QED) is 0.786. The Bertz CT molecular complexity index is 547. The molecule has 5 heteroatoms. The van der Waals surface area contributed by atoms with Crippen molar-refractivity contribution in [2.75, 3.05) is 0 Å². The van der Waals surface area contributed by atoms with Gasteiger partial charge in [0.05, 0.1) is 17.7 Å². The van der Waals surface area contributed by atoms with Crippen molar-refractivity contribution >= 4 is 11.2 Å². The van der Waals surface area contributed by atoms with Crippen LogP contribution in [0.5, 0.6) is 0 Å². The Labute approximate surface area is 86.6 Å².